The third-order valence-corrected chi connectivity index (χ3v) is 1.94. The van der Waals surface area contributed by atoms with E-state index in [1.165, 1.54) is 0 Å². The van der Waals surface area contributed by atoms with Crippen molar-refractivity contribution in [1.82, 2.24) is 9.97 Å². The quantitative estimate of drug-likeness (QED) is 0.498. The Balaban J connectivity index is 2.79. The summed E-state index contributed by atoms with van der Waals surface area (Å²) >= 11 is 11.5. The van der Waals surface area contributed by atoms with Crippen LogP contribution in [0.5, 0.6) is 0 Å². The van der Waals surface area contributed by atoms with Gasteiger partial charge >= 0.3 is 0 Å². The van der Waals surface area contributed by atoms with Gasteiger partial charge in [0.25, 0.3) is 0 Å². The van der Waals surface area contributed by atoms with Gasteiger partial charge in [0.2, 0.25) is 5.28 Å². The van der Waals surface area contributed by atoms with Crippen molar-refractivity contribution >= 4 is 23.2 Å². The van der Waals surface area contributed by atoms with Crippen LogP contribution >= 0.6 is 23.2 Å². The van der Waals surface area contributed by atoms with Crippen LogP contribution in [0, 0.1) is 0 Å². The standard InChI is InChI=1S/C7H4Cl2N2/c8-6-4-2-1-3-5(4)10-7(9)11-6/h1-3H,(H,10,11). The van der Waals surface area contributed by atoms with Crippen molar-refractivity contribution in [1.29, 1.82) is 0 Å². The maximum atomic E-state index is 5.82. The molecule has 0 saturated heterocycles. The number of aromatic nitrogens is 2. The van der Waals surface area contributed by atoms with E-state index < -0.39 is 0 Å². The van der Waals surface area contributed by atoms with E-state index in [-0.39, 0.29) is 0 Å². The van der Waals surface area contributed by atoms with Crippen LogP contribution in [0.2, 0.25) is 10.4 Å². The summed E-state index contributed by atoms with van der Waals surface area (Å²) in [6, 6.07) is 5.63. The number of H-pyrrole nitrogens is 1. The lowest BCUT2D eigenvalue weighted by Crippen LogP contribution is -1.87. The maximum absolute atomic E-state index is 5.82. The highest BCUT2D eigenvalue weighted by Gasteiger charge is 2.08. The summed E-state index contributed by atoms with van der Waals surface area (Å²) in [4.78, 5) is 6.74. The highest BCUT2D eigenvalue weighted by molar-refractivity contribution is 6.34. The highest BCUT2D eigenvalue weighted by Crippen LogP contribution is 2.28. The molecular formula is C7H4Cl2N2. The smallest absolute Gasteiger partial charge is 0.201 e. The van der Waals surface area contributed by atoms with Crippen LogP contribution in [-0.4, -0.2) is 9.97 Å². The lowest BCUT2D eigenvalue weighted by molar-refractivity contribution is 1.18. The summed E-state index contributed by atoms with van der Waals surface area (Å²) in [7, 11) is 0. The van der Waals surface area contributed by atoms with Gasteiger partial charge in [0.05, 0.1) is 5.69 Å². The molecule has 4 heteroatoms. The molecule has 0 saturated carbocycles. The number of aromatic amines is 1. The van der Waals surface area contributed by atoms with Gasteiger partial charge in [-0.1, -0.05) is 17.7 Å². The van der Waals surface area contributed by atoms with Crippen LogP contribution in [0.1, 0.15) is 0 Å². The Hall–Kier alpha value is -0.730. The van der Waals surface area contributed by atoms with Crippen molar-refractivity contribution in [3.05, 3.63) is 28.6 Å². The van der Waals surface area contributed by atoms with Crippen LogP contribution in [0.3, 0.4) is 0 Å². The Bertz CT molecular complexity index is 356. The van der Waals surface area contributed by atoms with Gasteiger partial charge in [-0.3, -0.25) is 0 Å². The Labute approximate surface area is 73.5 Å². The fourth-order valence-electron chi connectivity index (χ4n) is 0.985. The van der Waals surface area contributed by atoms with Gasteiger partial charge in [0, 0.05) is 5.56 Å². The maximum Gasteiger partial charge on any atom is 0.201 e. The minimum absolute atomic E-state index is 0.314. The molecule has 0 spiro atoms. The fourth-order valence-corrected chi connectivity index (χ4v) is 1.47. The molecule has 0 bridgehead atoms. The van der Waals surface area contributed by atoms with E-state index in [2.05, 4.69) is 9.97 Å². The first-order chi connectivity index (χ1) is 5.27. The summed E-state index contributed by atoms with van der Waals surface area (Å²) < 4.78 is 0. The molecule has 1 heterocycles. The average molecular weight is 187 g/mol. The van der Waals surface area contributed by atoms with Crippen molar-refractivity contribution in [2.24, 2.45) is 0 Å². The summed E-state index contributed by atoms with van der Waals surface area (Å²) in [6.45, 7) is 0. The Kier molecular flexibility index (Phi) is 1.51. The molecule has 0 amide bonds. The summed E-state index contributed by atoms with van der Waals surface area (Å²) in [5.74, 6) is 0. The van der Waals surface area contributed by atoms with Crippen molar-refractivity contribution < 1.29 is 0 Å². The molecule has 0 unspecified atom stereocenters. The first-order valence-corrected chi connectivity index (χ1v) is 3.83. The largest absolute Gasteiger partial charge is 0.320 e. The van der Waals surface area contributed by atoms with Gasteiger partial charge in [-0.25, -0.2) is 4.98 Å². The van der Waals surface area contributed by atoms with Crippen molar-refractivity contribution in [2.45, 2.75) is 0 Å². The third kappa shape index (κ3) is 1.08. The van der Waals surface area contributed by atoms with Gasteiger partial charge < -0.3 is 4.98 Å². The minimum atomic E-state index is 0.314. The van der Waals surface area contributed by atoms with E-state index in [1.807, 2.05) is 18.2 Å². The van der Waals surface area contributed by atoms with Crippen molar-refractivity contribution in [3.8, 4) is 11.3 Å². The van der Waals surface area contributed by atoms with Gasteiger partial charge in [-0.15, -0.1) is 0 Å². The molecule has 0 fully saturated rings. The molecule has 2 aliphatic rings. The van der Waals surface area contributed by atoms with E-state index in [4.69, 9.17) is 23.2 Å². The van der Waals surface area contributed by atoms with Crippen LogP contribution < -0.4 is 0 Å². The number of rotatable bonds is 0. The second kappa shape index (κ2) is 2.40. The molecule has 0 aromatic heterocycles. The van der Waals surface area contributed by atoms with Crippen molar-refractivity contribution in [3.63, 3.8) is 0 Å². The second-order valence-corrected chi connectivity index (χ2v) is 2.90. The third-order valence-electron chi connectivity index (χ3n) is 1.46. The van der Waals surface area contributed by atoms with E-state index in [0.717, 1.165) is 11.3 Å². The average Bonchev–Trinajstić information content (AvgIpc) is 2.34. The van der Waals surface area contributed by atoms with E-state index in [9.17, 15) is 0 Å². The van der Waals surface area contributed by atoms with Crippen LogP contribution in [0.25, 0.3) is 11.3 Å². The van der Waals surface area contributed by atoms with Crippen LogP contribution in [-0.2, 0) is 0 Å². The van der Waals surface area contributed by atoms with Gasteiger partial charge in [-0.05, 0) is 23.7 Å². The zero-order valence-electron chi connectivity index (χ0n) is 5.44. The minimum Gasteiger partial charge on any atom is -0.320 e. The number of fused-ring (bicyclic) bond motifs is 1. The molecule has 2 nitrogen and oxygen atoms in total. The van der Waals surface area contributed by atoms with E-state index in [1.54, 1.807) is 0 Å². The molecule has 11 heavy (non-hydrogen) atoms. The molecule has 2 rings (SSSR count). The van der Waals surface area contributed by atoms with Crippen molar-refractivity contribution in [2.75, 3.05) is 0 Å². The van der Waals surface area contributed by atoms with Gasteiger partial charge in [0.15, 0.2) is 0 Å². The van der Waals surface area contributed by atoms with Gasteiger partial charge in [-0.2, -0.15) is 0 Å². The van der Waals surface area contributed by atoms with E-state index in [0.29, 0.717) is 10.4 Å². The fraction of sp³-hybridized carbons (Fsp3) is 0. The molecule has 1 aliphatic carbocycles. The molecule has 0 atom stereocenters. The molecule has 1 N–H and O–H groups in total. The predicted octanol–water partition coefficient (Wildman–Crippen LogP) is 2.82. The number of nitrogens with zero attached hydrogens (tertiary/aromatic N) is 1. The second-order valence-electron chi connectivity index (χ2n) is 2.17. The van der Waals surface area contributed by atoms with E-state index >= 15 is 0 Å². The van der Waals surface area contributed by atoms with Crippen LogP contribution in [0.4, 0.5) is 0 Å². The molecule has 56 valence electrons. The Morgan fingerprint density at radius 1 is 1.27 bits per heavy atom. The number of halogens is 2. The zero-order valence-corrected chi connectivity index (χ0v) is 6.95. The topological polar surface area (TPSA) is 28.7 Å². The summed E-state index contributed by atoms with van der Waals surface area (Å²) in [5.41, 5.74) is 1.72. The molecule has 0 radical (unpaired) electrons. The molecule has 0 aromatic carbocycles. The first-order valence-electron chi connectivity index (χ1n) is 3.07. The molecule has 1 aliphatic heterocycles. The predicted molar refractivity (Wildman–Crippen MR) is 45.2 cm³/mol. The Morgan fingerprint density at radius 2 is 2.09 bits per heavy atom. The Morgan fingerprint density at radius 3 is 2.91 bits per heavy atom. The monoisotopic (exact) mass is 186 g/mol. The van der Waals surface area contributed by atoms with Crippen LogP contribution in [0.15, 0.2) is 18.2 Å². The summed E-state index contributed by atoms with van der Waals surface area (Å²) in [5, 5.41) is 0.846. The summed E-state index contributed by atoms with van der Waals surface area (Å²) in [6.07, 6.45) is 0. The molecule has 0 aromatic rings. The zero-order chi connectivity index (χ0) is 7.84. The number of hydrogen-bond acceptors (Lipinski definition) is 1. The molecular weight excluding hydrogens is 183 g/mol. The SMILES string of the molecule is Clc1nc2cccc-2c(Cl)[nH]1. The van der Waals surface area contributed by atoms with Gasteiger partial charge in [0.1, 0.15) is 5.15 Å². The highest BCUT2D eigenvalue weighted by atomic mass is 35.5. The first kappa shape index (κ1) is 6.95. The lowest BCUT2D eigenvalue weighted by Gasteiger charge is -2.00. The normalized spacial score (nSPS) is 10.7. The number of hydrogen-bond donors (Lipinski definition) is 1. The lowest BCUT2D eigenvalue weighted by atomic mass is 10.3. The number of nitrogens with one attached hydrogen (secondary N) is 1.